The van der Waals surface area contributed by atoms with Crippen LogP contribution >= 0.6 is 0 Å². The summed E-state index contributed by atoms with van der Waals surface area (Å²) in [6, 6.07) is 12.5. The van der Waals surface area contributed by atoms with Gasteiger partial charge in [0.15, 0.2) is 0 Å². The molecule has 0 unspecified atom stereocenters. The maximum absolute atomic E-state index is 12.7. The summed E-state index contributed by atoms with van der Waals surface area (Å²) in [6.07, 6.45) is 1.70. The average Bonchev–Trinajstić information content (AvgIpc) is 3.30. The lowest BCUT2D eigenvalue weighted by Gasteiger charge is -2.15. The number of anilines is 1. The van der Waals surface area contributed by atoms with Crippen LogP contribution in [0.1, 0.15) is 18.5 Å². The number of hydrogen-bond donors (Lipinski definition) is 2. The van der Waals surface area contributed by atoms with Gasteiger partial charge in [-0.2, -0.15) is 4.31 Å². The van der Waals surface area contributed by atoms with Gasteiger partial charge >= 0.3 is 0 Å². The maximum atomic E-state index is 12.7. The van der Waals surface area contributed by atoms with Gasteiger partial charge in [0.05, 0.1) is 9.79 Å². The number of benzene rings is 2. The normalized spacial score (nSPS) is 15.9. The molecule has 1 aromatic heterocycles. The Balaban J connectivity index is 1.58. The van der Waals surface area contributed by atoms with E-state index in [4.69, 9.17) is 0 Å². The molecule has 0 spiro atoms. The molecule has 4 rings (SSSR count). The Morgan fingerprint density at radius 3 is 2.21 bits per heavy atom. The van der Waals surface area contributed by atoms with Crippen molar-refractivity contribution in [1.82, 2.24) is 9.29 Å². The van der Waals surface area contributed by atoms with Gasteiger partial charge in [-0.05, 0) is 68.3 Å². The van der Waals surface area contributed by atoms with E-state index in [-0.39, 0.29) is 9.79 Å². The van der Waals surface area contributed by atoms with Gasteiger partial charge in [0.25, 0.3) is 10.0 Å². The second-order valence-corrected chi connectivity index (χ2v) is 10.6. The molecule has 28 heavy (non-hydrogen) atoms. The van der Waals surface area contributed by atoms with Crippen LogP contribution in [0.4, 0.5) is 5.69 Å². The van der Waals surface area contributed by atoms with Gasteiger partial charge < -0.3 is 4.98 Å². The third kappa shape index (κ3) is 3.52. The van der Waals surface area contributed by atoms with Crippen molar-refractivity contribution in [2.45, 2.75) is 29.6 Å². The zero-order valence-electron chi connectivity index (χ0n) is 15.3. The first kappa shape index (κ1) is 19.0. The topological polar surface area (TPSA) is 99.3 Å². The van der Waals surface area contributed by atoms with Crippen LogP contribution in [0.5, 0.6) is 0 Å². The predicted molar refractivity (Wildman–Crippen MR) is 108 cm³/mol. The number of aromatic amines is 1. The molecule has 1 saturated heterocycles. The largest absolute Gasteiger partial charge is 0.359 e. The van der Waals surface area contributed by atoms with Gasteiger partial charge in [-0.1, -0.05) is 0 Å². The van der Waals surface area contributed by atoms with E-state index >= 15 is 0 Å². The summed E-state index contributed by atoms with van der Waals surface area (Å²) < 4.78 is 54.5. The molecule has 1 fully saturated rings. The van der Waals surface area contributed by atoms with E-state index < -0.39 is 20.0 Å². The highest BCUT2D eigenvalue weighted by Gasteiger charge is 2.27. The first-order valence-electron chi connectivity index (χ1n) is 8.98. The van der Waals surface area contributed by atoms with Crippen LogP contribution in [-0.4, -0.2) is 39.2 Å². The fourth-order valence-electron chi connectivity index (χ4n) is 3.42. The molecule has 148 valence electrons. The van der Waals surface area contributed by atoms with Gasteiger partial charge in [-0.3, -0.25) is 4.72 Å². The summed E-state index contributed by atoms with van der Waals surface area (Å²) in [4.78, 5) is 3.31. The number of rotatable bonds is 5. The van der Waals surface area contributed by atoms with Crippen LogP contribution in [0.2, 0.25) is 0 Å². The van der Waals surface area contributed by atoms with Crippen molar-refractivity contribution < 1.29 is 16.8 Å². The average molecular weight is 420 g/mol. The second-order valence-electron chi connectivity index (χ2n) is 6.94. The van der Waals surface area contributed by atoms with Crippen LogP contribution in [-0.2, 0) is 20.0 Å². The van der Waals surface area contributed by atoms with Crippen molar-refractivity contribution >= 4 is 36.6 Å². The quantitative estimate of drug-likeness (QED) is 0.664. The Labute approximate surface area is 164 Å². The molecule has 0 saturated carbocycles. The summed E-state index contributed by atoms with van der Waals surface area (Å²) in [7, 11) is -7.39. The molecular formula is C19H21N3O4S2. The zero-order chi connectivity index (χ0) is 19.9. The van der Waals surface area contributed by atoms with E-state index in [1.165, 1.54) is 28.6 Å². The van der Waals surface area contributed by atoms with Crippen LogP contribution < -0.4 is 4.72 Å². The number of nitrogens with zero attached hydrogens (tertiary/aromatic N) is 1. The lowest BCUT2D eigenvalue weighted by Crippen LogP contribution is -2.27. The van der Waals surface area contributed by atoms with E-state index in [9.17, 15) is 16.8 Å². The number of hydrogen-bond acceptors (Lipinski definition) is 4. The summed E-state index contributed by atoms with van der Waals surface area (Å²) in [6.45, 7) is 2.94. The van der Waals surface area contributed by atoms with Crippen LogP contribution in [0.25, 0.3) is 10.9 Å². The molecule has 0 radical (unpaired) electrons. The summed E-state index contributed by atoms with van der Waals surface area (Å²) in [5.74, 6) is 0. The lowest BCUT2D eigenvalue weighted by atomic mass is 10.2. The van der Waals surface area contributed by atoms with Gasteiger partial charge in [0, 0.05) is 35.4 Å². The highest BCUT2D eigenvalue weighted by atomic mass is 32.2. The number of aromatic nitrogens is 1. The van der Waals surface area contributed by atoms with Crippen molar-refractivity contribution in [2.75, 3.05) is 17.8 Å². The fraction of sp³-hybridized carbons (Fsp3) is 0.263. The number of nitrogens with one attached hydrogen (secondary N) is 2. The zero-order valence-corrected chi connectivity index (χ0v) is 17.0. The fourth-order valence-corrected chi connectivity index (χ4v) is 5.99. The van der Waals surface area contributed by atoms with Gasteiger partial charge in [0.1, 0.15) is 0 Å². The van der Waals surface area contributed by atoms with Crippen molar-refractivity contribution in [1.29, 1.82) is 0 Å². The highest BCUT2D eigenvalue weighted by molar-refractivity contribution is 7.92. The molecule has 0 aliphatic carbocycles. The summed E-state index contributed by atoms with van der Waals surface area (Å²) in [5.41, 5.74) is 2.36. The minimum Gasteiger partial charge on any atom is -0.359 e. The van der Waals surface area contributed by atoms with Gasteiger partial charge in [-0.25, -0.2) is 16.8 Å². The van der Waals surface area contributed by atoms with E-state index in [0.29, 0.717) is 18.8 Å². The molecule has 7 nitrogen and oxygen atoms in total. The maximum Gasteiger partial charge on any atom is 0.261 e. The second kappa shape index (κ2) is 6.91. The van der Waals surface area contributed by atoms with E-state index in [2.05, 4.69) is 9.71 Å². The standard InChI is InChI=1S/C19H21N3O4S2/c1-14-12-15-13-16(4-9-19(15)20-14)21-27(23,24)17-5-7-18(8-6-17)28(25,26)22-10-2-3-11-22/h4-9,12-13,20-21H,2-3,10-11H2,1H3. The Morgan fingerprint density at radius 1 is 0.893 bits per heavy atom. The van der Waals surface area contributed by atoms with Crippen LogP contribution in [0, 0.1) is 6.92 Å². The minimum atomic E-state index is -3.83. The highest BCUT2D eigenvalue weighted by Crippen LogP contribution is 2.25. The predicted octanol–water partition coefficient (Wildman–Crippen LogP) is 3.06. The Bertz CT molecular complexity index is 1220. The first-order chi connectivity index (χ1) is 13.3. The van der Waals surface area contributed by atoms with E-state index in [0.717, 1.165) is 29.4 Å². The summed E-state index contributed by atoms with van der Waals surface area (Å²) >= 11 is 0. The van der Waals surface area contributed by atoms with Crippen molar-refractivity contribution in [3.8, 4) is 0 Å². The Morgan fingerprint density at radius 2 is 1.54 bits per heavy atom. The number of fused-ring (bicyclic) bond motifs is 1. The van der Waals surface area contributed by atoms with Crippen LogP contribution in [0.15, 0.2) is 58.3 Å². The Kier molecular flexibility index (Phi) is 4.68. The molecular weight excluding hydrogens is 398 g/mol. The third-order valence-corrected chi connectivity index (χ3v) is 8.15. The van der Waals surface area contributed by atoms with Crippen molar-refractivity contribution in [3.63, 3.8) is 0 Å². The van der Waals surface area contributed by atoms with Gasteiger partial charge in [-0.15, -0.1) is 0 Å². The minimum absolute atomic E-state index is 0.0122. The molecule has 0 atom stereocenters. The Hall–Kier alpha value is -2.36. The monoisotopic (exact) mass is 419 g/mol. The number of sulfonamides is 2. The lowest BCUT2D eigenvalue weighted by molar-refractivity contribution is 0.477. The molecule has 0 bridgehead atoms. The van der Waals surface area contributed by atoms with Gasteiger partial charge in [0.2, 0.25) is 10.0 Å². The van der Waals surface area contributed by atoms with Crippen LogP contribution in [0.3, 0.4) is 0 Å². The molecule has 2 heterocycles. The molecule has 9 heteroatoms. The van der Waals surface area contributed by atoms with E-state index in [1.807, 2.05) is 19.1 Å². The number of aryl methyl sites for hydroxylation is 1. The molecule has 2 aromatic carbocycles. The molecule has 0 amide bonds. The molecule has 2 N–H and O–H groups in total. The molecule has 1 aliphatic rings. The SMILES string of the molecule is Cc1cc2cc(NS(=O)(=O)c3ccc(S(=O)(=O)N4CCCC4)cc3)ccc2[nH]1. The van der Waals surface area contributed by atoms with E-state index in [1.54, 1.807) is 12.1 Å². The first-order valence-corrected chi connectivity index (χ1v) is 11.9. The van der Waals surface area contributed by atoms with Crippen molar-refractivity contribution in [2.24, 2.45) is 0 Å². The molecule has 3 aromatic rings. The summed E-state index contributed by atoms with van der Waals surface area (Å²) in [5, 5.41) is 0.907. The smallest absolute Gasteiger partial charge is 0.261 e. The molecule has 1 aliphatic heterocycles. The third-order valence-electron chi connectivity index (χ3n) is 4.84. The number of H-pyrrole nitrogens is 1. The van der Waals surface area contributed by atoms with Crippen molar-refractivity contribution in [3.05, 3.63) is 54.2 Å².